The number of aromatic nitrogens is 1. The van der Waals surface area contributed by atoms with Gasteiger partial charge in [-0.15, -0.1) is 0 Å². The van der Waals surface area contributed by atoms with Crippen molar-refractivity contribution in [3.8, 4) is 11.1 Å². The smallest absolute Gasteiger partial charge is 0.240 e. The van der Waals surface area contributed by atoms with Crippen LogP contribution in [-0.2, 0) is 10.0 Å². The summed E-state index contributed by atoms with van der Waals surface area (Å²) in [6.07, 6.45) is 7.06. The highest BCUT2D eigenvalue weighted by molar-refractivity contribution is 7.89. The van der Waals surface area contributed by atoms with Crippen LogP contribution in [0.2, 0.25) is 0 Å². The lowest BCUT2D eigenvalue weighted by Gasteiger charge is -2.22. The molecule has 0 spiro atoms. The summed E-state index contributed by atoms with van der Waals surface area (Å²) in [4.78, 5) is 4.51. The molecule has 2 aromatic rings. The van der Waals surface area contributed by atoms with Gasteiger partial charge in [0.2, 0.25) is 10.0 Å². The zero-order valence-corrected chi connectivity index (χ0v) is 14.1. The minimum absolute atomic E-state index is 0.0799. The highest BCUT2D eigenvalue weighted by Gasteiger charge is 2.21. The Morgan fingerprint density at radius 2 is 1.70 bits per heavy atom. The Balaban J connectivity index is 1.78. The molecule has 1 aromatic heterocycles. The Morgan fingerprint density at radius 1 is 1.00 bits per heavy atom. The van der Waals surface area contributed by atoms with Crippen LogP contribution in [0.25, 0.3) is 11.1 Å². The van der Waals surface area contributed by atoms with Crippen molar-refractivity contribution in [3.63, 3.8) is 0 Å². The third-order valence-electron chi connectivity index (χ3n) is 4.32. The number of benzene rings is 1. The molecule has 0 saturated heterocycles. The van der Waals surface area contributed by atoms with Crippen molar-refractivity contribution in [3.05, 3.63) is 48.3 Å². The van der Waals surface area contributed by atoms with Gasteiger partial charge in [0.05, 0.1) is 4.90 Å². The number of nitrogens with zero attached hydrogens (tertiary/aromatic N) is 1. The van der Waals surface area contributed by atoms with Crippen LogP contribution in [0.5, 0.6) is 0 Å². The van der Waals surface area contributed by atoms with E-state index in [1.165, 1.54) is 6.42 Å². The van der Waals surface area contributed by atoms with Crippen molar-refractivity contribution in [2.75, 3.05) is 0 Å². The molecule has 122 valence electrons. The standard InChI is InChI=1S/C18H22N2O2S/c1-14-13-16(11-12-19-14)15-7-9-18(10-8-15)23(21,22)20-17-5-3-2-4-6-17/h7-13,17,20H,2-6H2,1H3. The number of hydrogen-bond donors (Lipinski definition) is 1. The lowest BCUT2D eigenvalue weighted by Crippen LogP contribution is -2.36. The van der Waals surface area contributed by atoms with Gasteiger partial charge in [-0.3, -0.25) is 4.98 Å². The molecule has 23 heavy (non-hydrogen) atoms. The van der Waals surface area contributed by atoms with Crippen LogP contribution in [0, 0.1) is 6.92 Å². The van der Waals surface area contributed by atoms with Crippen LogP contribution < -0.4 is 4.72 Å². The maximum Gasteiger partial charge on any atom is 0.240 e. The highest BCUT2D eigenvalue weighted by Crippen LogP contribution is 2.23. The molecule has 1 aliphatic rings. The van der Waals surface area contributed by atoms with Crippen LogP contribution in [0.15, 0.2) is 47.5 Å². The largest absolute Gasteiger partial charge is 0.262 e. The molecule has 3 rings (SSSR count). The molecular formula is C18H22N2O2S. The lowest BCUT2D eigenvalue weighted by atomic mass is 9.96. The van der Waals surface area contributed by atoms with E-state index in [1.807, 2.05) is 31.2 Å². The molecule has 1 heterocycles. The normalized spacial score (nSPS) is 16.4. The fourth-order valence-electron chi connectivity index (χ4n) is 3.06. The van der Waals surface area contributed by atoms with Crippen molar-refractivity contribution in [1.29, 1.82) is 0 Å². The van der Waals surface area contributed by atoms with Gasteiger partial charge in [-0.25, -0.2) is 13.1 Å². The first-order chi connectivity index (χ1) is 11.0. The number of hydrogen-bond acceptors (Lipinski definition) is 3. The van der Waals surface area contributed by atoms with Gasteiger partial charge in [0.15, 0.2) is 0 Å². The molecule has 0 bridgehead atoms. The first kappa shape index (κ1) is 16.1. The molecule has 0 unspecified atom stereocenters. The fraction of sp³-hybridized carbons (Fsp3) is 0.389. The van der Waals surface area contributed by atoms with Crippen LogP contribution in [0.1, 0.15) is 37.8 Å². The summed E-state index contributed by atoms with van der Waals surface area (Å²) in [6, 6.07) is 11.1. The topological polar surface area (TPSA) is 59.1 Å². The molecule has 0 aliphatic heterocycles. The lowest BCUT2D eigenvalue weighted by molar-refractivity contribution is 0.412. The predicted molar refractivity (Wildman–Crippen MR) is 91.6 cm³/mol. The monoisotopic (exact) mass is 330 g/mol. The van der Waals surface area contributed by atoms with E-state index in [0.717, 1.165) is 42.5 Å². The summed E-state index contributed by atoms with van der Waals surface area (Å²) in [5.74, 6) is 0. The van der Waals surface area contributed by atoms with Crippen molar-refractivity contribution in [2.45, 2.75) is 50.0 Å². The predicted octanol–water partition coefficient (Wildman–Crippen LogP) is 3.67. The summed E-state index contributed by atoms with van der Waals surface area (Å²) < 4.78 is 27.8. The first-order valence-electron chi connectivity index (χ1n) is 8.10. The van der Waals surface area contributed by atoms with Gasteiger partial charge in [-0.1, -0.05) is 31.4 Å². The van der Waals surface area contributed by atoms with Crippen LogP contribution in [0.4, 0.5) is 0 Å². The van der Waals surface area contributed by atoms with E-state index in [-0.39, 0.29) is 6.04 Å². The second-order valence-electron chi connectivity index (χ2n) is 6.17. The molecule has 0 amide bonds. The Labute approximate surface area is 138 Å². The van der Waals surface area contributed by atoms with Gasteiger partial charge in [-0.05, 0) is 55.2 Å². The van der Waals surface area contributed by atoms with Crippen LogP contribution >= 0.6 is 0 Å². The number of nitrogens with one attached hydrogen (secondary N) is 1. The summed E-state index contributed by atoms with van der Waals surface area (Å²) >= 11 is 0. The Morgan fingerprint density at radius 3 is 2.35 bits per heavy atom. The average Bonchev–Trinajstić information content (AvgIpc) is 2.55. The van der Waals surface area contributed by atoms with Crippen LogP contribution in [0.3, 0.4) is 0 Å². The molecule has 1 aromatic carbocycles. The van der Waals surface area contributed by atoms with Crippen molar-refractivity contribution in [1.82, 2.24) is 9.71 Å². The summed E-state index contributed by atoms with van der Waals surface area (Å²) in [5.41, 5.74) is 2.98. The first-order valence-corrected chi connectivity index (χ1v) is 9.58. The molecule has 5 heteroatoms. The van der Waals surface area contributed by atoms with E-state index < -0.39 is 10.0 Å². The van der Waals surface area contributed by atoms with E-state index in [2.05, 4.69) is 9.71 Å². The second-order valence-corrected chi connectivity index (χ2v) is 7.88. The highest BCUT2D eigenvalue weighted by atomic mass is 32.2. The molecule has 0 atom stereocenters. The minimum atomic E-state index is -3.43. The third-order valence-corrected chi connectivity index (χ3v) is 5.86. The SMILES string of the molecule is Cc1cc(-c2ccc(S(=O)(=O)NC3CCCCC3)cc2)ccn1. The Hall–Kier alpha value is -1.72. The molecule has 0 radical (unpaired) electrons. The van der Waals surface area contributed by atoms with E-state index >= 15 is 0 Å². The second kappa shape index (κ2) is 6.81. The molecule has 1 aliphatic carbocycles. The summed E-state index contributed by atoms with van der Waals surface area (Å²) in [5, 5.41) is 0. The van der Waals surface area contributed by atoms with E-state index in [0.29, 0.717) is 4.90 Å². The quantitative estimate of drug-likeness (QED) is 0.930. The number of pyridine rings is 1. The van der Waals surface area contributed by atoms with Gasteiger partial charge in [0.1, 0.15) is 0 Å². The van der Waals surface area contributed by atoms with Crippen molar-refractivity contribution >= 4 is 10.0 Å². The number of sulfonamides is 1. The summed E-state index contributed by atoms with van der Waals surface area (Å²) in [7, 11) is -3.43. The van der Waals surface area contributed by atoms with Gasteiger partial charge < -0.3 is 0 Å². The zero-order valence-electron chi connectivity index (χ0n) is 13.3. The molecular weight excluding hydrogens is 308 g/mol. The van der Waals surface area contributed by atoms with Gasteiger partial charge in [-0.2, -0.15) is 0 Å². The van der Waals surface area contributed by atoms with Gasteiger partial charge in [0.25, 0.3) is 0 Å². The maximum atomic E-state index is 12.5. The van der Waals surface area contributed by atoms with Gasteiger partial charge >= 0.3 is 0 Å². The zero-order chi connectivity index (χ0) is 16.3. The molecule has 1 N–H and O–H groups in total. The summed E-state index contributed by atoms with van der Waals surface area (Å²) in [6.45, 7) is 1.94. The molecule has 1 saturated carbocycles. The average molecular weight is 330 g/mol. The van der Waals surface area contributed by atoms with E-state index in [4.69, 9.17) is 0 Å². The van der Waals surface area contributed by atoms with Crippen LogP contribution in [-0.4, -0.2) is 19.4 Å². The van der Waals surface area contributed by atoms with E-state index in [9.17, 15) is 8.42 Å². The number of aryl methyl sites for hydroxylation is 1. The maximum absolute atomic E-state index is 12.5. The number of rotatable bonds is 4. The fourth-order valence-corrected chi connectivity index (χ4v) is 4.36. The molecule has 1 fully saturated rings. The Kier molecular flexibility index (Phi) is 4.78. The van der Waals surface area contributed by atoms with Gasteiger partial charge in [0, 0.05) is 17.9 Å². The minimum Gasteiger partial charge on any atom is -0.262 e. The van der Waals surface area contributed by atoms with Crippen molar-refractivity contribution in [2.24, 2.45) is 0 Å². The third kappa shape index (κ3) is 3.98. The van der Waals surface area contributed by atoms with E-state index in [1.54, 1.807) is 18.3 Å². The molecule has 4 nitrogen and oxygen atoms in total. The Bertz CT molecular complexity index is 764. The van der Waals surface area contributed by atoms with Crippen molar-refractivity contribution < 1.29 is 8.42 Å².